The number of rotatable bonds is 3. The molecule has 1 unspecified atom stereocenters. The third kappa shape index (κ3) is 2.07. The average molecular weight is 246 g/mol. The number of aromatic nitrogens is 1. The van der Waals surface area contributed by atoms with E-state index in [1.54, 1.807) is 6.07 Å². The van der Waals surface area contributed by atoms with Gasteiger partial charge in [-0.25, -0.2) is 4.79 Å². The Morgan fingerprint density at radius 2 is 2.00 bits per heavy atom. The molecule has 2 rings (SSSR count). The predicted molar refractivity (Wildman–Crippen MR) is 67.5 cm³/mol. The highest BCUT2D eigenvalue weighted by Crippen LogP contribution is 2.16. The van der Waals surface area contributed by atoms with Gasteiger partial charge in [0.05, 0.1) is 0 Å². The molecule has 0 aliphatic rings. The topological polar surface area (TPSA) is 73.4 Å². The predicted octanol–water partition coefficient (Wildman–Crippen LogP) is 1.71. The number of fused-ring (bicyclic) bond motifs is 1. The van der Waals surface area contributed by atoms with E-state index in [1.807, 2.05) is 24.3 Å². The van der Waals surface area contributed by atoms with Gasteiger partial charge in [0, 0.05) is 18.0 Å². The number of aromatic amines is 1. The Balaban J connectivity index is 2.31. The highest BCUT2D eigenvalue weighted by Gasteiger charge is 2.23. The van der Waals surface area contributed by atoms with Crippen LogP contribution < -0.4 is 0 Å². The second-order valence-electron chi connectivity index (χ2n) is 4.20. The van der Waals surface area contributed by atoms with Crippen molar-refractivity contribution in [3.8, 4) is 0 Å². The van der Waals surface area contributed by atoms with E-state index in [4.69, 9.17) is 5.11 Å². The van der Waals surface area contributed by atoms with Crippen LogP contribution in [0.1, 0.15) is 17.4 Å². The second kappa shape index (κ2) is 4.52. The zero-order chi connectivity index (χ0) is 13.3. The molecule has 0 bridgehead atoms. The lowest BCUT2D eigenvalue weighted by molar-refractivity contribution is -0.141. The van der Waals surface area contributed by atoms with Crippen LogP contribution in [0.4, 0.5) is 0 Å². The largest absolute Gasteiger partial charge is 0.480 e. The van der Waals surface area contributed by atoms with Crippen LogP contribution in [0, 0.1) is 0 Å². The molecule has 1 aromatic carbocycles. The quantitative estimate of drug-likeness (QED) is 0.865. The number of para-hydroxylation sites is 1. The molecule has 0 saturated heterocycles. The summed E-state index contributed by atoms with van der Waals surface area (Å²) in [6.45, 7) is 1.48. The summed E-state index contributed by atoms with van der Waals surface area (Å²) in [6, 6.07) is 8.38. The summed E-state index contributed by atoms with van der Waals surface area (Å²) in [5.41, 5.74) is 1.25. The lowest BCUT2D eigenvalue weighted by Gasteiger charge is -2.20. The first-order valence-corrected chi connectivity index (χ1v) is 5.58. The minimum absolute atomic E-state index is 0.332. The van der Waals surface area contributed by atoms with Gasteiger partial charge in [-0.2, -0.15) is 0 Å². The van der Waals surface area contributed by atoms with Crippen molar-refractivity contribution in [2.45, 2.75) is 13.0 Å². The molecular formula is C13H14N2O3. The van der Waals surface area contributed by atoms with E-state index < -0.39 is 12.0 Å². The van der Waals surface area contributed by atoms with Crippen molar-refractivity contribution in [2.24, 2.45) is 0 Å². The number of carboxylic acids is 1. The number of H-pyrrole nitrogens is 1. The van der Waals surface area contributed by atoms with Crippen LogP contribution in [-0.2, 0) is 4.79 Å². The molecule has 0 aliphatic heterocycles. The Morgan fingerprint density at radius 3 is 2.61 bits per heavy atom. The molecule has 0 fully saturated rings. The molecule has 0 radical (unpaired) electrons. The van der Waals surface area contributed by atoms with Gasteiger partial charge in [0.25, 0.3) is 5.91 Å². The minimum atomic E-state index is -1.03. The molecule has 1 amide bonds. The number of carboxylic acid groups (broad SMARTS) is 1. The second-order valence-corrected chi connectivity index (χ2v) is 4.20. The number of aliphatic carboxylic acids is 1. The number of nitrogens with zero attached hydrogens (tertiary/aromatic N) is 1. The molecule has 1 heterocycles. The number of benzene rings is 1. The minimum Gasteiger partial charge on any atom is -0.480 e. The third-order valence-corrected chi connectivity index (χ3v) is 3.02. The maximum absolute atomic E-state index is 12.1. The zero-order valence-corrected chi connectivity index (χ0v) is 10.2. The fourth-order valence-corrected chi connectivity index (χ4v) is 1.72. The van der Waals surface area contributed by atoms with Crippen LogP contribution in [0.2, 0.25) is 0 Å². The Kier molecular flexibility index (Phi) is 3.06. The molecule has 0 saturated carbocycles. The van der Waals surface area contributed by atoms with Gasteiger partial charge in [-0.15, -0.1) is 0 Å². The molecule has 5 heteroatoms. The summed E-state index contributed by atoms with van der Waals surface area (Å²) in [7, 11) is 1.48. The van der Waals surface area contributed by atoms with Crippen molar-refractivity contribution in [1.82, 2.24) is 9.88 Å². The van der Waals surface area contributed by atoms with Gasteiger partial charge in [0.2, 0.25) is 0 Å². The molecule has 2 N–H and O–H groups in total. The Hall–Kier alpha value is -2.30. The van der Waals surface area contributed by atoms with Gasteiger partial charge in [-0.1, -0.05) is 18.2 Å². The molecule has 94 valence electrons. The van der Waals surface area contributed by atoms with E-state index in [1.165, 1.54) is 18.9 Å². The lowest BCUT2D eigenvalue weighted by Crippen LogP contribution is -2.40. The maximum atomic E-state index is 12.1. The first kappa shape index (κ1) is 12.2. The van der Waals surface area contributed by atoms with E-state index in [2.05, 4.69) is 4.98 Å². The van der Waals surface area contributed by atoms with Gasteiger partial charge in [0.1, 0.15) is 11.7 Å². The highest BCUT2D eigenvalue weighted by atomic mass is 16.4. The number of likely N-dealkylation sites (N-methyl/N-ethyl adjacent to an activating group) is 1. The maximum Gasteiger partial charge on any atom is 0.326 e. The number of amides is 1. The summed E-state index contributed by atoms with van der Waals surface area (Å²) in [6.07, 6.45) is 0. The summed E-state index contributed by atoms with van der Waals surface area (Å²) in [5, 5.41) is 9.81. The fraction of sp³-hybridized carbons (Fsp3) is 0.231. The summed E-state index contributed by atoms with van der Waals surface area (Å²) in [4.78, 5) is 27.1. The van der Waals surface area contributed by atoms with Crippen LogP contribution in [0.15, 0.2) is 30.3 Å². The van der Waals surface area contributed by atoms with Gasteiger partial charge < -0.3 is 15.0 Å². The molecule has 0 spiro atoms. The molecule has 0 aliphatic carbocycles. The number of hydrogen-bond acceptors (Lipinski definition) is 2. The fourth-order valence-electron chi connectivity index (χ4n) is 1.72. The Labute approximate surface area is 104 Å². The van der Waals surface area contributed by atoms with E-state index in [-0.39, 0.29) is 5.91 Å². The van der Waals surface area contributed by atoms with Crippen molar-refractivity contribution in [1.29, 1.82) is 0 Å². The summed E-state index contributed by atoms with van der Waals surface area (Å²) < 4.78 is 0. The number of nitrogens with one attached hydrogen (secondary N) is 1. The Bertz CT molecular complexity index is 570. The lowest BCUT2D eigenvalue weighted by atomic mass is 10.2. The standard InChI is InChI=1S/C13H14N2O3/c1-8(13(17)18)15(2)12(16)11-7-9-5-3-4-6-10(9)14-11/h3-8,14H,1-2H3,(H,17,18). The normalized spacial score (nSPS) is 12.3. The number of carbonyl (C=O) groups is 2. The first-order chi connectivity index (χ1) is 8.50. The molecule has 18 heavy (non-hydrogen) atoms. The molecule has 5 nitrogen and oxygen atoms in total. The average Bonchev–Trinajstić information content (AvgIpc) is 2.79. The van der Waals surface area contributed by atoms with Gasteiger partial charge >= 0.3 is 5.97 Å². The van der Waals surface area contributed by atoms with Crippen molar-refractivity contribution in [3.63, 3.8) is 0 Å². The third-order valence-electron chi connectivity index (χ3n) is 3.02. The van der Waals surface area contributed by atoms with Crippen LogP contribution in [0.3, 0.4) is 0 Å². The number of hydrogen-bond donors (Lipinski definition) is 2. The van der Waals surface area contributed by atoms with Gasteiger partial charge in [-0.05, 0) is 19.1 Å². The van der Waals surface area contributed by atoms with Gasteiger partial charge in [0.15, 0.2) is 0 Å². The highest BCUT2D eigenvalue weighted by molar-refractivity contribution is 5.99. The van der Waals surface area contributed by atoms with Crippen LogP contribution in [0.5, 0.6) is 0 Å². The summed E-state index contributed by atoms with van der Waals surface area (Å²) >= 11 is 0. The van der Waals surface area contributed by atoms with Crippen molar-refractivity contribution >= 4 is 22.8 Å². The summed E-state index contributed by atoms with van der Waals surface area (Å²) in [5.74, 6) is -1.36. The molecule has 1 aromatic heterocycles. The van der Waals surface area contributed by atoms with Crippen molar-refractivity contribution in [3.05, 3.63) is 36.0 Å². The van der Waals surface area contributed by atoms with Crippen LogP contribution in [0.25, 0.3) is 10.9 Å². The monoisotopic (exact) mass is 246 g/mol. The van der Waals surface area contributed by atoms with Crippen molar-refractivity contribution < 1.29 is 14.7 Å². The van der Waals surface area contributed by atoms with Crippen LogP contribution >= 0.6 is 0 Å². The zero-order valence-electron chi connectivity index (χ0n) is 10.2. The van der Waals surface area contributed by atoms with E-state index in [9.17, 15) is 9.59 Å². The molecule has 1 atom stereocenters. The van der Waals surface area contributed by atoms with Gasteiger partial charge in [-0.3, -0.25) is 4.79 Å². The van der Waals surface area contributed by atoms with E-state index >= 15 is 0 Å². The number of carbonyl (C=O) groups excluding carboxylic acids is 1. The van der Waals surface area contributed by atoms with E-state index in [0.29, 0.717) is 5.69 Å². The van der Waals surface area contributed by atoms with E-state index in [0.717, 1.165) is 10.9 Å². The molecule has 2 aromatic rings. The van der Waals surface area contributed by atoms with Crippen LogP contribution in [-0.4, -0.2) is 40.0 Å². The SMILES string of the molecule is CC(C(=O)O)N(C)C(=O)c1cc2ccccc2[nH]1. The Morgan fingerprint density at radius 1 is 1.33 bits per heavy atom. The smallest absolute Gasteiger partial charge is 0.326 e. The first-order valence-electron chi connectivity index (χ1n) is 5.58. The molecular weight excluding hydrogens is 232 g/mol. The van der Waals surface area contributed by atoms with Crippen molar-refractivity contribution in [2.75, 3.05) is 7.05 Å².